The summed E-state index contributed by atoms with van der Waals surface area (Å²) < 4.78 is 54.7. The fourth-order valence-corrected chi connectivity index (χ4v) is 3.58. The van der Waals surface area contributed by atoms with E-state index in [2.05, 4.69) is 9.71 Å². The van der Waals surface area contributed by atoms with Gasteiger partial charge >= 0.3 is 0 Å². The maximum atomic E-state index is 13.2. The van der Waals surface area contributed by atoms with E-state index in [1.165, 1.54) is 0 Å². The van der Waals surface area contributed by atoms with E-state index in [4.69, 9.17) is 0 Å². The molecule has 0 saturated heterocycles. The Labute approximate surface area is 138 Å². The summed E-state index contributed by atoms with van der Waals surface area (Å²) in [4.78, 5) is 3.97. The van der Waals surface area contributed by atoms with E-state index in [9.17, 15) is 17.2 Å². The summed E-state index contributed by atoms with van der Waals surface area (Å²) in [5.41, 5.74) is 1.77. The Hall–Kier alpha value is -2.32. The molecule has 24 heavy (non-hydrogen) atoms. The predicted octanol–water partition coefficient (Wildman–Crippen LogP) is 2.37. The zero-order chi connectivity index (χ0) is 17.3. The third kappa shape index (κ3) is 3.15. The molecule has 0 unspecified atom stereocenters. The number of fused-ring (bicyclic) bond motifs is 1. The van der Waals surface area contributed by atoms with Crippen LogP contribution < -0.4 is 4.72 Å². The van der Waals surface area contributed by atoms with Crippen molar-refractivity contribution in [1.82, 2.24) is 14.3 Å². The topological polar surface area (TPSA) is 64.0 Å². The summed E-state index contributed by atoms with van der Waals surface area (Å²) in [7, 11) is -2.03. The second-order valence-electron chi connectivity index (χ2n) is 5.36. The van der Waals surface area contributed by atoms with Gasteiger partial charge < -0.3 is 4.57 Å². The average Bonchev–Trinajstić information content (AvgIpc) is 2.87. The number of nitrogens with zero attached hydrogens (tertiary/aromatic N) is 2. The molecule has 0 spiro atoms. The molecule has 0 aliphatic heterocycles. The number of benzene rings is 1. The van der Waals surface area contributed by atoms with Gasteiger partial charge in [-0.15, -0.1) is 0 Å². The molecule has 1 N–H and O–H groups in total. The lowest BCUT2D eigenvalue weighted by atomic mass is 10.2. The van der Waals surface area contributed by atoms with E-state index < -0.39 is 21.7 Å². The van der Waals surface area contributed by atoms with Crippen LogP contribution in [0.1, 0.15) is 5.56 Å². The van der Waals surface area contributed by atoms with Crippen LogP contribution in [-0.2, 0) is 23.5 Å². The molecule has 126 valence electrons. The first kappa shape index (κ1) is 16.5. The van der Waals surface area contributed by atoms with Crippen LogP contribution in [-0.4, -0.2) is 24.5 Å². The second-order valence-corrected chi connectivity index (χ2v) is 7.13. The third-order valence-corrected chi connectivity index (χ3v) is 5.16. The van der Waals surface area contributed by atoms with Gasteiger partial charge in [-0.2, -0.15) is 0 Å². The lowest BCUT2D eigenvalue weighted by Crippen LogP contribution is -2.26. The number of hydrogen-bond donors (Lipinski definition) is 1. The van der Waals surface area contributed by atoms with Crippen molar-refractivity contribution in [2.75, 3.05) is 6.54 Å². The second kappa shape index (κ2) is 6.29. The van der Waals surface area contributed by atoms with E-state index in [-0.39, 0.29) is 11.4 Å². The van der Waals surface area contributed by atoms with Crippen molar-refractivity contribution >= 4 is 21.1 Å². The van der Waals surface area contributed by atoms with Crippen LogP contribution in [0.25, 0.3) is 11.0 Å². The number of halogens is 2. The van der Waals surface area contributed by atoms with Gasteiger partial charge in [0.1, 0.15) is 5.65 Å². The molecule has 0 aliphatic carbocycles. The number of rotatable bonds is 5. The first-order valence-corrected chi connectivity index (χ1v) is 8.70. The summed E-state index contributed by atoms with van der Waals surface area (Å²) in [6.07, 6.45) is 4.04. The van der Waals surface area contributed by atoms with Gasteiger partial charge in [0.25, 0.3) is 0 Å². The van der Waals surface area contributed by atoms with E-state index in [0.717, 1.165) is 28.7 Å². The molecule has 0 fully saturated rings. The van der Waals surface area contributed by atoms with E-state index >= 15 is 0 Å². The number of aromatic nitrogens is 2. The molecular weight excluding hydrogens is 336 g/mol. The number of aryl methyl sites for hydroxylation is 1. The molecule has 3 rings (SSSR count). The third-order valence-electron chi connectivity index (χ3n) is 3.70. The first-order valence-electron chi connectivity index (χ1n) is 7.22. The molecule has 2 heterocycles. The monoisotopic (exact) mass is 351 g/mol. The van der Waals surface area contributed by atoms with Crippen molar-refractivity contribution in [2.45, 2.75) is 11.3 Å². The smallest absolute Gasteiger partial charge is 0.240 e. The summed E-state index contributed by atoms with van der Waals surface area (Å²) in [5.74, 6) is -2.28. The van der Waals surface area contributed by atoms with Gasteiger partial charge in [-0.3, -0.25) is 0 Å². The van der Waals surface area contributed by atoms with Crippen LogP contribution in [0.3, 0.4) is 0 Å². The van der Waals surface area contributed by atoms with E-state index in [1.807, 2.05) is 29.9 Å². The molecule has 0 amide bonds. The van der Waals surface area contributed by atoms with Gasteiger partial charge in [0, 0.05) is 31.4 Å². The Balaban J connectivity index is 1.74. The molecule has 0 radical (unpaired) electrons. The van der Waals surface area contributed by atoms with E-state index in [0.29, 0.717) is 12.5 Å². The Morgan fingerprint density at radius 3 is 2.75 bits per heavy atom. The van der Waals surface area contributed by atoms with Crippen LogP contribution in [0.5, 0.6) is 0 Å². The van der Waals surface area contributed by atoms with Crippen LogP contribution >= 0.6 is 0 Å². The molecular formula is C16H15F2N3O2S. The van der Waals surface area contributed by atoms with Crippen molar-refractivity contribution in [3.63, 3.8) is 0 Å². The van der Waals surface area contributed by atoms with Crippen molar-refractivity contribution in [3.8, 4) is 0 Å². The summed E-state index contributed by atoms with van der Waals surface area (Å²) >= 11 is 0. The highest BCUT2D eigenvalue weighted by atomic mass is 32.2. The number of nitrogens with one attached hydrogen (secondary N) is 1. The number of pyridine rings is 1. The highest BCUT2D eigenvalue weighted by molar-refractivity contribution is 7.89. The zero-order valence-electron chi connectivity index (χ0n) is 12.8. The zero-order valence-corrected chi connectivity index (χ0v) is 13.6. The number of hydrogen-bond acceptors (Lipinski definition) is 3. The summed E-state index contributed by atoms with van der Waals surface area (Å²) in [6.45, 7) is 0.134. The molecule has 0 saturated carbocycles. The first-order chi connectivity index (χ1) is 11.4. The minimum absolute atomic E-state index is 0.134. The van der Waals surface area contributed by atoms with E-state index in [1.54, 1.807) is 6.20 Å². The Morgan fingerprint density at radius 2 is 2.00 bits per heavy atom. The Bertz CT molecular complexity index is 1000. The molecule has 0 atom stereocenters. The number of sulfonamides is 1. The molecule has 8 heteroatoms. The SMILES string of the molecule is Cn1cc(CCNS(=O)(=O)c2ccc(F)c(F)c2)c2cccnc21. The molecule has 1 aromatic carbocycles. The largest absolute Gasteiger partial charge is 0.335 e. The maximum absolute atomic E-state index is 13.2. The molecule has 3 aromatic rings. The normalized spacial score (nSPS) is 12.0. The van der Waals surface area contributed by atoms with Crippen molar-refractivity contribution in [2.24, 2.45) is 7.05 Å². The summed E-state index contributed by atoms with van der Waals surface area (Å²) in [5, 5.41) is 0.951. The van der Waals surface area contributed by atoms with Gasteiger partial charge in [-0.05, 0) is 42.3 Å². The minimum Gasteiger partial charge on any atom is -0.335 e. The van der Waals surface area contributed by atoms with Crippen LogP contribution in [0.15, 0.2) is 47.6 Å². The maximum Gasteiger partial charge on any atom is 0.240 e. The minimum atomic E-state index is -3.90. The van der Waals surface area contributed by atoms with Crippen molar-refractivity contribution < 1.29 is 17.2 Å². The van der Waals surface area contributed by atoms with Gasteiger partial charge in [0.2, 0.25) is 10.0 Å². The lowest BCUT2D eigenvalue weighted by Gasteiger charge is -2.07. The van der Waals surface area contributed by atoms with Crippen LogP contribution in [0, 0.1) is 11.6 Å². The molecule has 0 aliphatic rings. The highest BCUT2D eigenvalue weighted by Crippen LogP contribution is 2.19. The van der Waals surface area contributed by atoms with Gasteiger partial charge in [0.15, 0.2) is 11.6 Å². The van der Waals surface area contributed by atoms with Gasteiger partial charge in [0.05, 0.1) is 4.90 Å². The summed E-state index contributed by atoms with van der Waals surface area (Å²) in [6, 6.07) is 6.22. The van der Waals surface area contributed by atoms with Crippen molar-refractivity contribution in [3.05, 3.63) is 59.9 Å². The van der Waals surface area contributed by atoms with Gasteiger partial charge in [-0.25, -0.2) is 26.9 Å². The Kier molecular flexibility index (Phi) is 4.33. The highest BCUT2D eigenvalue weighted by Gasteiger charge is 2.16. The van der Waals surface area contributed by atoms with Gasteiger partial charge in [-0.1, -0.05) is 0 Å². The molecule has 5 nitrogen and oxygen atoms in total. The quantitative estimate of drug-likeness (QED) is 0.768. The van der Waals surface area contributed by atoms with Crippen LogP contribution in [0.4, 0.5) is 8.78 Å². The fraction of sp³-hybridized carbons (Fsp3) is 0.188. The fourth-order valence-electron chi connectivity index (χ4n) is 2.54. The molecule has 0 bridgehead atoms. The molecule has 2 aromatic heterocycles. The standard InChI is InChI=1S/C16H15F2N3O2S/c1-21-10-11(13-3-2-7-19-16(13)21)6-8-20-24(22,23)12-4-5-14(17)15(18)9-12/h2-5,7,9-10,20H,6,8H2,1H3. The van der Waals surface area contributed by atoms with Crippen molar-refractivity contribution in [1.29, 1.82) is 0 Å². The lowest BCUT2D eigenvalue weighted by molar-refractivity contribution is 0.504. The predicted molar refractivity (Wildman–Crippen MR) is 86.0 cm³/mol. The Morgan fingerprint density at radius 1 is 1.21 bits per heavy atom. The van der Waals surface area contributed by atoms with Crippen LogP contribution in [0.2, 0.25) is 0 Å². The average molecular weight is 351 g/mol.